The standard InChI is InChI=1S/C16H16FN3O5/c1-3-20-14(21)7-5-12(19-20)15(22)18-10-4-6-13(11(17)8-10)25-9(2)16(23)24/h4-9H,3H2,1-2H3,(H,18,22)(H,23,24). The molecule has 0 aliphatic rings. The summed E-state index contributed by atoms with van der Waals surface area (Å²) in [6, 6.07) is 6.06. The van der Waals surface area contributed by atoms with Gasteiger partial charge >= 0.3 is 5.97 Å². The van der Waals surface area contributed by atoms with Gasteiger partial charge in [-0.15, -0.1) is 0 Å². The number of hydrogen-bond acceptors (Lipinski definition) is 5. The Morgan fingerprint density at radius 2 is 2.08 bits per heavy atom. The first-order chi connectivity index (χ1) is 11.8. The summed E-state index contributed by atoms with van der Waals surface area (Å²) < 4.78 is 20.0. The molecule has 9 heteroatoms. The maximum absolute atomic E-state index is 14.0. The van der Waals surface area contributed by atoms with Gasteiger partial charge in [-0.1, -0.05) is 0 Å². The average molecular weight is 349 g/mol. The van der Waals surface area contributed by atoms with Crippen molar-refractivity contribution in [2.75, 3.05) is 5.32 Å². The van der Waals surface area contributed by atoms with E-state index in [-0.39, 0.29) is 22.7 Å². The Labute approximate surface area is 141 Å². The molecular weight excluding hydrogens is 333 g/mol. The van der Waals surface area contributed by atoms with Gasteiger partial charge in [0.2, 0.25) is 0 Å². The number of carbonyl (C=O) groups excluding carboxylic acids is 1. The van der Waals surface area contributed by atoms with Gasteiger partial charge < -0.3 is 15.2 Å². The summed E-state index contributed by atoms with van der Waals surface area (Å²) in [6.07, 6.45) is -1.21. The molecule has 0 saturated heterocycles. The monoisotopic (exact) mass is 349 g/mol. The van der Waals surface area contributed by atoms with E-state index in [4.69, 9.17) is 9.84 Å². The Balaban J connectivity index is 2.15. The van der Waals surface area contributed by atoms with E-state index in [1.807, 2.05) is 0 Å². The van der Waals surface area contributed by atoms with Crippen LogP contribution >= 0.6 is 0 Å². The van der Waals surface area contributed by atoms with Crippen LogP contribution in [0.15, 0.2) is 35.1 Å². The smallest absolute Gasteiger partial charge is 0.344 e. The summed E-state index contributed by atoms with van der Waals surface area (Å²) in [5, 5.41) is 15.1. The van der Waals surface area contributed by atoms with Crippen molar-refractivity contribution in [3.05, 3.63) is 52.2 Å². The molecule has 2 aromatic rings. The summed E-state index contributed by atoms with van der Waals surface area (Å²) in [6.45, 7) is 3.29. The van der Waals surface area contributed by atoms with Crippen molar-refractivity contribution in [3.63, 3.8) is 0 Å². The van der Waals surface area contributed by atoms with Crippen molar-refractivity contribution in [1.29, 1.82) is 0 Å². The number of halogens is 1. The van der Waals surface area contributed by atoms with Gasteiger partial charge in [-0.05, 0) is 32.0 Å². The van der Waals surface area contributed by atoms with Crippen molar-refractivity contribution >= 4 is 17.6 Å². The number of ether oxygens (including phenoxy) is 1. The van der Waals surface area contributed by atoms with E-state index < -0.39 is 23.8 Å². The molecule has 2 rings (SSSR count). The Kier molecular flexibility index (Phi) is 5.48. The van der Waals surface area contributed by atoms with Gasteiger partial charge in [-0.3, -0.25) is 9.59 Å². The molecule has 1 heterocycles. The van der Waals surface area contributed by atoms with E-state index in [1.54, 1.807) is 6.92 Å². The first-order valence-electron chi connectivity index (χ1n) is 7.40. The van der Waals surface area contributed by atoms with Gasteiger partial charge in [-0.25, -0.2) is 13.9 Å². The predicted octanol–water partition coefficient (Wildman–Crippen LogP) is 1.51. The molecule has 0 radical (unpaired) electrons. The van der Waals surface area contributed by atoms with Crippen LogP contribution in [0.1, 0.15) is 24.3 Å². The Morgan fingerprint density at radius 1 is 1.36 bits per heavy atom. The van der Waals surface area contributed by atoms with Crippen molar-refractivity contribution in [1.82, 2.24) is 9.78 Å². The van der Waals surface area contributed by atoms with Crippen LogP contribution in [0.2, 0.25) is 0 Å². The number of aromatic nitrogens is 2. The summed E-state index contributed by atoms with van der Waals surface area (Å²) in [5.41, 5.74) is -0.199. The minimum atomic E-state index is -1.23. The summed E-state index contributed by atoms with van der Waals surface area (Å²) in [4.78, 5) is 34.3. The highest BCUT2D eigenvalue weighted by atomic mass is 19.1. The zero-order valence-corrected chi connectivity index (χ0v) is 13.5. The third-order valence-corrected chi connectivity index (χ3v) is 3.24. The fourth-order valence-electron chi connectivity index (χ4n) is 1.91. The highest BCUT2D eigenvalue weighted by Gasteiger charge is 2.16. The largest absolute Gasteiger partial charge is 0.479 e. The molecule has 1 amide bonds. The number of nitrogens with zero attached hydrogens (tertiary/aromatic N) is 2. The molecule has 1 unspecified atom stereocenters. The number of anilines is 1. The summed E-state index contributed by atoms with van der Waals surface area (Å²) in [7, 11) is 0. The number of carbonyl (C=O) groups is 2. The number of aryl methyl sites for hydroxylation is 1. The molecular formula is C16H16FN3O5. The van der Waals surface area contributed by atoms with Crippen LogP contribution in [-0.2, 0) is 11.3 Å². The van der Waals surface area contributed by atoms with E-state index in [1.165, 1.54) is 31.2 Å². The lowest BCUT2D eigenvalue weighted by Crippen LogP contribution is -2.25. The van der Waals surface area contributed by atoms with Gasteiger partial charge in [0.1, 0.15) is 5.69 Å². The molecule has 0 bridgehead atoms. The predicted molar refractivity (Wildman–Crippen MR) is 86.3 cm³/mol. The summed E-state index contributed by atoms with van der Waals surface area (Å²) in [5.74, 6) is -2.91. The van der Waals surface area contributed by atoms with Crippen LogP contribution in [0.5, 0.6) is 5.75 Å². The van der Waals surface area contributed by atoms with E-state index in [9.17, 15) is 18.8 Å². The second kappa shape index (κ2) is 7.56. The molecule has 0 saturated carbocycles. The quantitative estimate of drug-likeness (QED) is 0.818. The molecule has 8 nitrogen and oxygen atoms in total. The number of amides is 1. The second-order valence-corrected chi connectivity index (χ2v) is 5.07. The van der Waals surface area contributed by atoms with Crippen LogP contribution in [0.4, 0.5) is 10.1 Å². The van der Waals surface area contributed by atoms with Gasteiger partial charge in [0.15, 0.2) is 17.7 Å². The van der Waals surface area contributed by atoms with Crippen LogP contribution in [0, 0.1) is 5.82 Å². The molecule has 1 aromatic heterocycles. The minimum absolute atomic E-state index is 0.00156. The maximum atomic E-state index is 14.0. The number of nitrogens with one attached hydrogen (secondary N) is 1. The Morgan fingerprint density at radius 3 is 2.68 bits per heavy atom. The molecule has 0 aliphatic carbocycles. The lowest BCUT2D eigenvalue weighted by molar-refractivity contribution is -0.144. The number of carboxylic acids is 1. The Hall–Kier alpha value is -3.23. The molecule has 0 fully saturated rings. The number of hydrogen-bond donors (Lipinski definition) is 2. The first-order valence-corrected chi connectivity index (χ1v) is 7.40. The number of aliphatic carboxylic acids is 1. The molecule has 1 atom stereocenters. The van der Waals surface area contributed by atoms with Crippen LogP contribution in [0.3, 0.4) is 0 Å². The summed E-state index contributed by atoms with van der Waals surface area (Å²) >= 11 is 0. The van der Waals surface area contributed by atoms with Gasteiger partial charge in [0.25, 0.3) is 11.5 Å². The second-order valence-electron chi connectivity index (χ2n) is 5.07. The SMILES string of the molecule is CCn1nc(C(=O)Nc2ccc(OC(C)C(=O)O)c(F)c2)ccc1=O. The van der Waals surface area contributed by atoms with Crippen molar-refractivity contribution in [3.8, 4) is 5.75 Å². The zero-order valence-electron chi connectivity index (χ0n) is 13.5. The van der Waals surface area contributed by atoms with Gasteiger partial charge in [0.05, 0.1) is 0 Å². The Bertz CT molecular complexity index is 865. The van der Waals surface area contributed by atoms with Crippen LogP contribution < -0.4 is 15.6 Å². The highest BCUT2D eigenvalue weighted by Crippen LogP contribution is 2.22. The third-order valence-electron chi connectivity index (χ3n) is 3.24. The fourth-order valence-corrected chi connectivity index (χ4v) is 1.91. The van der Waals surface area contributed by atoms with E-state index >= 15 is 0 Å². The topological polar surface area (TPSA) is 111 Å². The van der Waals surface area contributed by atoms with Gasteiger partial charge in [-0.2, -0.15) is 5.10 Å². The van der Waals surface area contributed by atoms with Gasteiger partial charge in [0, 0.05) is 24.4 Å². The van der Waals surface area contributed by atoms with Crippen molar-refractivity contribution < 1.29 is 23.8 Å². The number of benzene rings is 1. The maximum Gasteiger partial charge on any atom is 0.344 e. The van der Waals surface area contributed by atoms with Crippen LogP contribution in [0.25, 0.3) is 0 Å². The molecule has 132 valence electrons. The first kappa shape index (κ1) is 18.1. The number of carboxylic acid groups (broad SMARTS) is 1. The van der Waals surface area contributed by atoms with E-state index in [0.717, 1.165) is 10.7 Å². The molecule has 0 aliphatic heterocycles. The van der Waals surface area contributed by atoms with E-state index in [0.29, 0.717) is 6.54 Å². The van der Waals surface area contributed by atoms with Crippen LogP contribution in [-0.4, -0.2) is 32.9 Å². The minimum Gasteiger partial charge on any atom is -0.479 e. The molecule has 0 spiro atoms. The normalized spacial score (nSPS) is 11.6. The van der Waals surface area contributed by atoms with Crippen molar-refractivity contribution in [2.45, 2.75) is 26.5 Å². The average Bonchev–Trinajstić information content (AvgIpc) is 2.57. The molecule has 2 N–H and O–H groups in total. The lowest BCUT2D eigenvalue weighted by Gasteiger charge is -2.12. The lowest BCUT2D eigenvalue weighted by atomic mass is 10.2. The fraction of sp³-hybridized carbons (Fsp3) is 0.250. The molecule has 25 heavy (non-hydrogen) atoms. The third kappa shape index (κ3) is 4.40. The van der Waals surface area contributed by atoms with Crippen molar-refractivity contribution in [2.24, 2.45) is 0 Å². The number of rotatable bonds is 6. The zero-order chi connectivity index (χ0) is 18.6. The molecule has 1 aromatic carbocycles. The highest BCUT2D eigenvalue weighted by molar-refractivity contribution is 6.02. The van der Waals surface area contributed by atoms with E-state index in [2.05, 4.69) is 10.4 Å².